The highest BCUT2D eigenvalue weighted by atomic mass is 32.1. The summed E-state index contributed by atoms with van der Waals surface area (Å²) in [5.41, 5.74) is 2.65. The van der Waals surface area contributed by atoms with Gasteiger partial charge in [0.25, 0.3) is 5.91 Å². The third-order valence-corrected chi connectivity index (χ3v) is 5.86. The van der Waals surface area contributed by atoms with E-state index < -0.39 is 23.9 Å². The monoisotopic (exact) mass is 491 g/mol. The predicted molar refractivity (Wildman–Crippen MR) is 128 cm³/mol. The van der Waals surface area contributed by atoms with Gasteiger partial charge in [-0.3, -0.25) is 4.79 Å². The number of carbonyl (C=O) groups excluding carboxylic acids is 3. The average molecular weight is 492 g/mol. The fraction of sp³-hybridized carbons (Fsp3) is 0.167. The van der Waals surface area contributed by atoms with E-state index in [2.05, 4.69) is 20.8 Å². The molecule has 35 heavy (non-hydrogen) atoms. The van der Waals surface area contributed by atoms with Crippen molar-refractivity contribution in [3.63, 3.8) is 0 Å². The minimum absolute atomic E-state index is 0.191. The molecule has 1 atom stereocenters. The molecular formula is C24H21N5O5S. The van der Waals surface area contributed by atoms with E-state index in [9.17, 15) is 14.4 Å². The Morgan fingerprint density at radius 3 is 2.46 bits per heavy atom. The van der Waals surface area contributed by atoms with Crippen molar-refractivity contribution in [1.29, 1.82) is 0 Å². The lowest BCUT2D eigenvalue weighted by molar-refractivity contribution is -0.123. The third-order valence-electron chi connectivity index (χ3n) is 4.96. The molecule has 0 spiro atoms. The number of anilines is 1. The first-order valence-corrected chi connectivity index (χ1v) is 11.5. The Bertz CT molecular complexity index is 1320. The van der Waals surface area contributed by atoms with Gasteiger partial charge in [0, 0.05) is 10.9 Å². The molecule has 1 amide bonds. The van der Waals surface area contributed by atoms with Gasteiger partial charge in [-0.1, -0.05) is 30.3 Å². The van der Waals surface area contributed by atoms with Crippen molar-refractivity contribution >= 4 is 34.2 Å². The van der Waals surface area contributed by atoms with Gasteiger partial charge in [-0.2, -0.15) is 0 Å². The van der Waals surface area contributed by atoms with Gasteiger partial charge >= 0.3 is 11.9 Å². The lowest BCUT2D eigenvalue weighted by Gasteiger charge is -2.14. The van der Waals surface area contributed by atoms with Crippen molar-refractivity contribution in [1.82, 2.24) is 20.2 Å². The first-order chi connectivity index (χ1) is 17.0. The van der Waals surface area contributed by atoms with Crippen LogP contribution in [-0.4, -0.2) is 50.8 Å². The molecule has 0 fully saturated rings. The van der Waals surface area contributed by atoms with Crippen LogP contribution in [0.5, 0.6) is 0 Å². The molecule has 2 aromatic carbocycles. The van der Waals surface area contributed by atoms with Crippen LogP contribution in [0.3, 0.4) is 0 Å². The van der Waals surface area contributed by atoms with Gasteiger partial charge in [0.15, 0.2) is 6.10 Å². The molecule has 0 bridgehead atoms. The van der Waals surface area contributed by atoms with Gasteiger partial charge in [0.2, 0.25) is 0 Å². The minimum Gasteiger partial charge on any atom is -0.462 e. The lowest BCUT2D eigenvalue weighted by atomic mass is 10.0. The van der Waals surface area contributed by atoms with Gasteiger partial charge in [-0.05, 0) is 54.1 Å². The number of tetrazole rings is 1. The zero-order valence-corrected chi connectivity index (χ0v) is 19.7. The number of hydrogen-bond donors (Lipinski definition) is 1. The van der Waals surface area contributed by atoms with Gasteiger partial charge in [-0.15, -0.1) is 16.4 Å². The maximum Gasteiger partial charge on any atom is 0.341 e. The maximum atomic E-state index is 12.8. The highest BCUT2D eigenvalue weighted by Gasteiger charge is 2.25. The van der Waals surface area contributed by atoms with Crippen LogP contribution in [0.15, 0.2) is 66.3 Å². The number of hydrogen-bond acceptors (Lipinski definition) is 9. The number of nitrogens with one attached hydrogen (secondary N) is 1. The molecule has 1 unspecified atom stereocenters. The van der Waals surface area contributed by atoms with E-state index in [1.54, 1.807) is 36.6 Å². The molecular weight excluding hydrogens is 470 g/mol. The zero-order valence-electron chi connectivity index (χ0n) is 18.9. The lowest BCUT2D eigenvalue weighted by Crippen LogP contribution is -2.30. The predicted octanol–water partition coefficient (Wildman–Crippen LogP) is 3.75. The van der Waals surface area contributed by atoms with Crippen molar-refractivity contribution in [2.24, 2.45) is 0 Å². The van der Waals surface area contributed by atoms with E-state index in [0.29, 0.717) is 16.3 Å². The summed E-state index contributed by atoms with van der Waals surface area (Å²) in [5, 5.41) is 15.7. The van der Waals surface area contributed by atoms with Crippen LogP contribution in [0.1, 0.15) is 34.6 Å². The van der Waals surface area contributed by atoms with Gasteiger partial charge in [0.1, 0.15) is 16.9 Å². The number of nitrogens with zero attached hydrogens (tertiary/aromatic N) is 4. The van der Waals surface area contributed by atoms with Crippen LogP contribution in [0.25, 0.3) is 16.8 Å². The normalized spacial score (nSPS) is 11.5. The van der Waals surface area contributed by atoms with E-state index in [4.69, 9.17) is 9.47 Å². The summed E-state index contributed by atoms with van der Waals surface area (Å²) < 4.78 is 12.0. The van der Waals surface area contributed by atoms with Gasteiger partial charge < -0.3 is 14.8 Å². The van der Waals surface area contributed by atoms with Crippen LogP contribution >= 0.6 is 11.3 Å². The minimum atomic E-state index is -1.11. The maximum absolute atomic E-state index is 12.8. The summed E-state index contributed by atoms with van der Waals surface area (Å²) in [5.74, 6) is -1.79. The number of esters is 2. The average Bonchev–Trinajstić information content (AvgIpc) is 3.55. The Morgan fingerprint density at radius 1 is 1.06 bits per heavy atom. The number of aromatic nitrogens is 4. The molecule has 0 aliphatic carbocycles. The molecule has 2 heterocycles. The van der Waals surface area contributed by atoms with E-state index in [1.165, 1.54) is 29.3 Å². The van der Waals surface area contributed by atoms with Crippen LogP contribution in [-0.2, 0) is 14.3 Å². The SMILES string of the molecule is CCOC(=O)c1c(-c2ccccc2)csc1NC(=O)C(C)OC(=O)c1ccc(-n2cnnn2)cc1. The number of amides is 1. The van der Waals surface area contributed by atoms with Crippen molar-refractivity contribution < 1.29 is 23.9 Å². The first-order valence-electron chi connectivity index (χ1n) is 10.7. The van der Waals surface area contributed by atoms with E-state index in [-0.39, 0.29) is 17.7 Å². The molecule has 0 radical (unpaired) electrons. The van der Waals surface area contributed by atoms with Gasteiger partial charge in [0.05, 0.1) is 17.9 Å². The van der Waals surface area contributed by atoms with Crippen LogP contribution in [0.2, 0.25) is 0 Å². The molecule has 0 aliphatic rings. The molecule has 178 valence electrons. The molecule has 0 saturated carbocycles. The summed E-state index contributed by atoms with van der Waals surface area (Å²) in [6.07, 6.45) is 0.317. The summed E-state index contributed by atoms with van der Waals surface area (Å²) in [6, 6.07) is 15.7. The standard InChI is InChI=1S/C24H21N5O5S/c1-3-33-24(32)20-19(16-7-5-4-6-8-16)13-35-22(20)26-21(30)15(2)34-23(31)17-9-11-18(12-10-17)29-14-25-27-28-29/h4-15H,3H2,1-2H3,(H,26,30). The Labute approximate surface area is 204 Å². The number of rotatable bonds is 8. The number of carbonyl (C=O) groups is 3. The second-order valence-electron chi connectivity index (χ2n) is 7.28. The zero-order chi connectivity index (χ0) is 24.8. The molecule has 4 aromatic rings. The molecule has 0 saturated heterocycles. The molecule has 1 N–H and O–H groups in total. The largest absolute Gasteiger partial charge is 0.462 e. The third kappa shape index (κ3) is 5.41. The number of ether oxygens (including phenoxy) is 2. The summed E-state index contributed by atoms with van der Waals surface area (Å²) in [4.78, 5) is 38.0. The Balaban J connectivity index is 1.46. The molecule has 4 rings (SSSR count). The summed E-state index contributed by atoms with van der Waals surface area (Å²) in [6.45, 7) is 3.36. The molecule has 0 aliphatic heterocycles. The quantitative estimate of drug-likeness (QED) is 0.370. The summed E-state index contributed by atoms with van der Waals surface area (Å²) in [7, 11) is 0. The van der Waals surface area contributed by atoms with Gasteiger partial charge in [-0.25, -0.2) is 14.3 Å². The van der Waals surface area contributed by atoms with Crippen molar-refractivity contribution in [3.8, 4) is 16.8 Å². The Kier molecular flexibility index (Phi) is 7.27. The molecule has 2 aromatic heterocycles. The van der Waals surface area contributed by atoms with Crippen molar-refractivity contribution in [2.75, 3.05) is 11.9 Å². The van der Waals surface area contributed by atoms with E-state index >= 15 is 0 Å². The van der Waals surface area contributed by atoms with Crippen molar-refractivity contribution in [3.05, 3.63) is 77.4 Å². The molecule has 11 heteroatoms. The van der Waals surface area contributed by atoms with Crippen molar-refractivity contribution in [2.45, 2.75) is 20.0 Å². The Hall–Kier alpha value is -4.38. The second kappa shape index (κ2) is 10.7. The fourth-order valence-corrected chi connectivity index (χ4v) is 4.17. The number of thiophene rings is 1. The Morgan fingerprint density at radius 2 is 1.80 bits per heavy atom. The molecule has 10 nitrogen and oxygen atoms in total. The van der Waals surface area contributed by atoms with E-state index in [1.807, 2.05) is 30.3 Å². The topological polar surface area (TPSA) is 125 Å². The van der Waals surface area contributed by atoms with Crippen LogP contribution in [0, 0.1) is 0 Å². The first kappa shape index (κ1) is 23.8. The highest BCUT2D eigenvalue weighted by molar-refractivity contribution is 7.15. The second-order valence-corrected chi connectivity index (χ2v) is 8.16. The van der Waals surface area contributed by atoms with Crippen LogP contribution in [0.4, 0.5) is 5.00 Å². The highest BCUT2D eigenvalue weighted by Crippen LogP contribution is 2.36. The van der Waals surface area contributed by atoms with E-state index in [0.717, 1.165) is 5.56 Å². The summed E-state index contributed by atoms with van der Waals surface area (Å²) >= 11 is 1.19. The fourth-order valence-electron chi connectivity index (χ4n) is 3.21. The number of benzene rings is 2. The smallest absolute Gasteiger partial charge is 0.341 e. The van der Waals surface area contributed by atoms with Crippen LogP contribution < -0.4 is 5.32 Å².